The zero-order valence-corrected chi connectivity index (χ0v) is 8.67. The molecule has 0 spiro atoms. The number of hydrogen-bond donors (Lipinski definition) is 0. The van der Waals surface area contributed by atoms with Crippen molar-refractivity contribution in [2.45, 2.75) is 44.5 Å². The van der Waals surface area contributed by atoms with Gasteiger partial charge in [-0.25, -0.2) is 0 Å². The van der Waals surface area contributed by atoms with Crippen molar-refractivity contribution in [3.8, 4) is 0 Å². The third kappa shape index (κ3) is 6.02. The minimum absolute atomic E-state index is 0.0719. The second kappa shape index (κ2) is 6.15. The van der Waals surface area contributed by atoms with Crippen LogP contribution in [-0.4, -0.2) is 12.4 Å². The van der Waals surface area contributed by atoms with Gasteiger partial charge in [-0.05, 0) is 19.3 Å². The fourth-order valence-electron chi connectivity index (χ4n) is 1.33. The van der Waals surface area contributed by atoms with Crippen LogP contribution in [0.1, 0.15) is 32.1 Å². The van der Waals surface area contributed by atoms with Gasteiger partial charge in [0.1, 0.15) is 0 Å². The maximum Gasteiger partial charge on any atom is 0.400 e. The van der Waals surface area contributed by atoms with E-state index in [1.54, 1.807) is 6.08 Å². The van der Waals surface area contributed by atoms with E-state index in [0.29, 0.717) is 19.3 Å². The van der Waals surface area contributed by atoms with Crippen molar-refractivity contribution in [2.24, 2.45) is 5.92 Å². The predicted molar refractivity (Wildman–Crippen MR) is 48.9 cm³/mol. The average molecular weight is 248 g/mol. The third-order valence-electron chi connectivity index (χ3n) is 2.19. The van der Waals surface area contributed by atoms with Crippen molar-refractivity contribution in [2.75, 3.05) is 0 Å². The molecule has 0 aliphatic carbocycles. The maximum absolute atomic E-state index is 12.1. The van der Waals surface area contributed by atoms with Gasteiger partial charge in [-0.15, -0.1) is 6.58 Å². The molecule has 0 saturated heterocycles. The normalized spacial score (nSPS) is 13.2. The summed E-state index contributed by atoms with van der Waals surface area (Å²) in [6.07, 6.45) is -8.22. The Morgan fingerprint density at radius 2 is 1.38 bits per heavy atom. The summed E-state index contributed by atoms with van der Waals surface area (Å²) in [6.45, 7) is 3.41. The fraction of sp³-hybridized carbons (Fsp3) is 0.800. The number of allylic oxidation sites excluding steroid dienone is 1. The Labute approximate surface area is 90.3 Å². The Morgan fingerprint density at radius 1 is 0.875 bits per heavy atom. The first-order chi connectivity index (χ1) is 7.19. The minimum atomic E-state index is -5.20. The summed E-state index contributed by atoms with van der Waals surface area (Å²) in [5.74, 6) is -3.19. The first kappa shape index (κ1) is 15.3. The number of unbranched alkanes of at least 4 members (excludes halogenated alkanes) is 3. The van der Waals surface area contributed by atoms with Crippen LogP contribution in [0.3, 0.4) is 0 Å². The van der Waals surface area contributed by atoms with Gasteiger partial charge in [0.2, 0.25) is 0 Å². The van der Waals surface area contributed by atoms with Crippen LogP contribution in [0.4, 0.5) is 26.3 Å². The lowest BCUT2D eigenvalue weighted by Gasteiger charge is -2.22. The van der Waals surface area contributed by atoms with Gasteiger partial charge >= 0.3 is 12.4 Å². The molecule has 0 aliphatic heterocycles. The Morgan fingerprint density at radius 3 is 1.75 bits per heavy atom. The smallest absolute Gasteiger partial charge is 0.170 e. The van der Waals surface area contributed by atoms with Gasteiger partial charge in [0.15, 0.2) is 5.92 Å². The van der Waals surface area contributed by atoms with Crippen molar-refractivity contribution in [3.05, 3.63) is 12.7 Å². The maximum atomic E-state index is 12.1. The van der Waals surface area contributed by atoms with E-state index in [9.17, 15) is 26.3 Å². The second-order valence-corrected chi connectivity index (χ2v) is 3.56. The lowest BCUT2D eigenvalue weighted by molar-refractivity contribution is -0.285. The zero-order chi connectivity index (χ0) is 12.8. The van der Waals surface area contributed by atoms with Crippen LogP contribution in [0, 0.1) is 5.92 Å². The first-order valence-electron chi connectivity index (χ1n) is 4.94. The monoisotopic (exact) mass is 248 g/mol. The van der Waals surface area contributed by atoms with E-state index in [1.165, 1.54) is 0 Å². The van der Waals surface area contributed by atoms with Crippen LogP contribution in [0.2, 0.25) is 0 Å². The van der Waals surface area contributed by atoms with E-state index < -0.39 is 24.7 Å². The van der Waals surface area contributed by atoms with Crippen molar-refractivity contribution in [1.82, 2.24) is 0 Å². The second-order valence-electron chi connectivity index (χ2n) is 3.56. The van der Waals surface area contributed by atoms with E-state index >= 15 is 0 Å². The summed E-state index contributed by atoms with van der Waals surface area (Å²) >= 11 is 0. The Balaban J connectivity index is 4.10. The molecule has 0 saturated carbocycles. The molecule has 0 rings (SSSR count). The average Bonchev–Trinajstić information content (AvgIpc) is 2.06. The van der Waals surface area contributed by atoms with E-state index in [2.05, 4.69) is 6.58 Å². The van der Waals surface area contributed by atoms with Gasteiger partial charge in [-0.3, -0.25) is 0 Å². The molecule has 0 fully saturated rings. The van der Waals surface area contributed by atoms with Crippen molar-refractivity contribution in [1.29, 1.82) is 0 Å². The van der Waals surface area contributed by atoms with Gasteiger partial charge in [0.25, 0.3) is 0 Å². The zero-order valence-electron chi connectivity index (χ0n) is 8.67. The van der Waals surface area contributed by atoms with Crippen LogP contribution in [0.15, 0.2) is 12.7 Å². The molecule has 0 aromatic rings. The summed E-state index contributed by atoms with van der Waals surface area (Å²) in [4.78, 5) is 0. The molecular formula is C10H14F6. The van der Waals surface area contributed by atoms with Gasteiger partial charge in [0, 0.05) is 0 Å². The van der Waals surface area contributed by atoms with E-state index in [4.69, 9.17) is 0 Å². The molecule has 0 nitrogen and oxygen atoms in total. The molecular weight excluding hydrogens is 234 g/mol. The summed E-state index contributed by atoms with van der Waals surface area (Å²) in [7, 11) is 0. The standard InChI is InChI=1S/C10H14F6/c1-2-3-4-5-6-7-8(9(11,12)13)10(14,15)16/h2,8H,1,3-7H2. The Hall–Kier alpha value is -0.680. The predicted octanol–water partition coefficient (Wildman–Crippen LogP) is 4.86. The molecule has 96 valence electrons. The first-order valence-corrected chi connectivity index (χ1v) is 4.94. The highest BCUT2D eigenvalue weighted by molar-refractivity contribution is 4.75. The third-order valence-corrected chi connectivity index (χ3v) is 2.19. The molecule has 0 heterocycles. The van der Waals surface area contributed by atoms with E-state index in [0.717, 1.165) is 0 Å². The molecule has 0 amide bonds. The van der Waals surface area contributed by atoms with Gasteiger partial charge in [0.05, 0.1) is 0 Å². The molecule has 0 N–H and O–H groups in total. The van der Waals surface area contributed by atoms with Crippen molar-refractivity contribution >= 4 is 0 Å². The summed E-state index contributed by atoms with van der Waals surface area (Å²) < 4.78 is 72.3. The summed E-state index contributed by atoms with van der Waals surface area (Å²) in [5.41, 5.74) is 0. The molecule has 0 aliphatic rings. The molecule has 0 aromatic carbocycles. The highest BCUT2D eigenvalue weighted by Gasteiger charge is 2.55. The lowest BCUT2D eigenvalue weighted by Crippen LogP contribution is -2.36. The molecule has 0 radical (unpaired) electrons. The van der Waals surface area contributed by atoms with Gasteiger partial charge in [-0.2, -0.15) is 26.3 Å². The Kier molecular flexibility index (Phi) is 5.89. The van der Waals surface area contributed by atoms with Gasteiger partial charge in [-0.1, -0.05) is 18.9 Å². The Bertz CT molecular complexity index is 188. The van der Waals surface area contributed by atoms with Crippen LogP contribution in [-0.2, 0) is 0 Å². The van der Waals surface area contributed by atoms with Crippen LogP contribution < -0.4 is 0 Å². The van der Waals surface area contributed by atoms with Gasteiger partial charge < -0.3 is 0 Å². The molecule has 0 bridgehead atoms. The molecule has 0 atom stereocenters. The minimum Gasteiger partial charge on any atom is -0.170 e. The lowest BCUT2D eigenvalue weighted by atomic mass is 9.99. The number of rotatable bonds is 6. The number of halogens is 6. The van der Waals surface area contributed by atoms with Crippen molar-refractivity contribution in [3.63, 3.8) is 0 Å². The SMILES string of the molecule is C=CCCCCCC(C(F)(F)F)C(F)(F)F. The van der Waals surface area contributed by atoms with Crippen molar-refractivity contribution < 1.29 is 26.3 Å². The van der Waals surface area contributed by atoms with E-state index in [1.807, 2.05) is 0 Å². The molecule has 6 heteroatoms. The highest BCUT2D eigenvalue weighted by atomic mass is 19.4. The van der Waals surface area contributed by atoms with E-state index in [-0.39, 0.29) is 6.42 Å². The topological polar surface area (TPSA) is 0 Å². The molecule has 0 unspecified atom stereocenters. The quantitative estimate of drug-likeness (QED) is 0.357. The largest absolute Gasteiger partial charge is 0.400 e. The van der Waals surface area contributed by atoms with Crippen LogP contribution in [0.25, 0.3) is 0 Å². The number of hydrogen-bond acceptors (Lipinski definition) is 0. The van der Waals surface area contributed by atoms with Crippen LogP contribution in [0.5, 0.6) is 0 Å². The molecule has 0 aromatic heterocycles. The van der Waals surface area contributed by atoms with Crippen LogP contribution >= 0.6 is 0 Å². The summed E-state index contributed by atoms with van der Waals surface area (Å²) in [5, 5.41) is 0. The fourth-order valence-corrected chi connectivity index (χ4v) is 1.33. The highest BCUT2D eigenvalue weighted by Crippen LogP contribution is 2.42. The number of alkyl halides is 6. The summed E-state index contributed by atoms with van der Waals surface area (Å²) in [6, 6.07) is 0. The molecule has 16 heavy (non-hydrogen) atoms.